The molecule has 0 bridgehead atoms. The summed E-state index contributed by atoms with van der Waals surface area (Å²) >= 11 is 0. The van der Waals surface area contributed by atoms with Crippen LogP contribution in [0.4, 0.5) is 5.69 Å². The second-order valence-electron chi connectivity index (χ2n) is 15.5. The third-order valence-electron chi connectivity index (χ3n) is 10.4. The number of fused-ring (bicyclic) bond motifs is 1. The predicted octanol–water partition coefficient (Wildman–Crippen LogP) is 6.03. The Balaban J connectivity index is 0.989. The maximum absolute atomic E-state index is 13.2. The second kappa shape index (κ2) is 35.1. The van der Waals surface area contributed by atoms with Crippen LogP contribution in [0, 0.1) is 0 Å². The van der Waals surface area contributed by atoms with Crippen LogP contribution in [-0.2, 0) is 52.3 Å². The van der Waals surface area contributed by atoms with Crippen molar-refractivity contribution in [1.82, 2.24) is 10.2 Å². The van der Waals surface area contributed by atoms with Gasteiger partial charge in [-0.25, -0.2) is 0 Å². The van der Waals surface area contributed by atoms with E-state index in [1.54, 1.807) is 12.1 Å². The van der Waals surface area contributed by atoms with E-state index in [4.69, 9.17) is 37.9 Å². The maximum Gasteiger partial charge on any atom is 0.264 e. The third kappa shape index (κ3) is 22.8. The Bertz CT molecular complexity index is 1410. The van der Waals surface area contributed by atoms with Crippen molar-refractivity contribution in [2.45, 2.75) is 122 Å². The Morgan fingerprint density at radius 3 is 1.44 bits per heavy atom. The average Bonchev–Trinajstić information content (AvgIpc) is 3.52. The molecule has 0 aliphatic carbocycles. The number of hydrogen-bond donors (Lipinski definition) is 2. The van der Waals surface area contributed by atoms with Gasteiger partial charge >= 0.3 is 0 Å². The van der Waals surface area contributed by atoms with Crippen LogP contribution < -0.4 is 10.6 Å². The molecule has 5 amide bonds. The fraction of sp³-hybridized carbons (Fsp3) is 0.761. The fourth-order valence-electron chi connectivity index (χ4n) is 7.01. The average molecular weight is 878 g/mol. The Morgan fingerprint density at radius 2 is 0.984 bits per heavy atom. The first kappa shape index (κ1) is 53.0. The van der Waals surface area contributed by atoms with Crippen LogP contribution in [0.25, 0.3) is 0 Å². The van der Waals surface area contributed by atoms with E-state index < -0.39 is 29.7 Å². The third-order valence-corrected chi connectivity index (χ3v) is 10.4. The Morgan fingerprint density at radius 1 is 0.565 bits per heavy atom. The van der Waals surface area contributed by atoms with E-state index in [1.165, 1.54) is 70.3 Å². The number of ether oxygens (including phenoxy) is 8. The van der Waals surface area contributed by atoms with Gasteiger partial charge in [-0.3, -0.25) is 34.2 Å². The molecule has 3 rings (SSSR count). The van der Waals surface area contributed by atoms with Crippen LogP contribution in [0.15, 0.2) is 18.2 Å². The van der Waals surface area contributed by atoms with Gasteiger partial charge in [0.1, 0.15) is 6.04 Å². The molecule has 0 spiro atoms. The number of rotatable bonds is 41. The van der Waals surface area contributed by atoms with E-state index in [-0.39, 0.29) is 42.0 Å². The molecule has 2 aliphatic rings. The highest BCUT2D eigenvalue weighted by Crippen LogP contribution is 2.32. The molecule has 1 atom stereocenters. The molecule has 1 saturated heterocycles. The van der Waals surface area contributed by atoms with Crippen LogP contribution in [0.1, 0.15) is 137 Å². The number of benzene rings is 1. The van der Waals surface area contributed by atoms with E-state index in [1.807, 2.05) is 0 Å². The van der Waals surface area contributed by atoms with Gasteiger partial charge in [-0.1, -0.05) is 83.6 Å². The molecule has 0 aromatic heterocycles. The molecular weight excluding hydrogens is 803 g/mol. The zero-order valence-electron chi connectivity index (χ0n) is 37.4. The summed E-state index contributed by atoms with van der Waals surface area (Å²) in [6.07, 6.45) is 17.2. The zero-order chi connectivity index (χ0) is 44.3. The van der Waals surface area contributed by atoms with Gasteiger partial charge in [0.05, 0.1) is 109 Å². The molecule has 0 radical (unpaired) electrons. The van der Waals surface area contributed by atoms with Gasteiger partial charge in [0, 0.05) is 26.1 Å². The molecular formula is C46H75N3O13. The summed E-state index contributed by atoms with van der Waals surface area (Å²) in [5.41, 5.74) is 0.395. The van der Waals surface area contributed by atoms with Crippen molar-refractivity contribution in [3.8, 4) is 0 Å². The molecule has 352 valence electrons. The van der Waals surface area contributed by atoms with Gasteiger partial charge in [0.25, 0.3) is 11.8 Å². The number of amides is 5. The lowest BCUT2D eigenvalue weighted by atomic mass is 10.0. The monoisotopic (exact) mass is 878 g/mol. The predicted molar refractivity (Wildman–Crippen MR) is 233 cm³/mol. The zero-order valence-corrected chi connectivity index (χ0v) is 37.4. The molecule has 1 aromatic carbocycles. The highest BCUT2D eigenvalue weighted by molar-refractivity contribution is 6.26. The number of unbranched alkanes of at least 4 members (excludes halogenated alkanes) is 12. The van der Waals surface area contributed by atoms with Crippen LogP contribution >= 0.6 is 0 Å². The van der Waals surface area contributed by atoms with E-state index in [2.05, 4.69) is 17.6 Å². The van der Waals surface area contributed by atoms with E-state index in [9.17, 15) is 24.0 Å². The van der Waals surface area contributed by atoms with E-state index >= 15 is 0 Å². The first-order chi connectivity index (χ1) is 30.4. The van der Waals surface area contributed by atoms with Crippen LogP contribution in [0.5, 0.6) is 0 Å². The standard InChI is InChI=1S/C46H75N3O13/c1-2-3-4-5-6-7-8-9-10-11-14-22-55-24-26-57-28-30-59-32-34-61-36-37-62-35-33-60-31-29-58-27-25-56-23-15-12-13-19-41(50)47-39-18-16-17-38-43(39)46(54)49(45(38)53)40-20-21-42(51)48-44(40)52/h16-18,40H,2-15,19-37H2,1H3,(H,47,50)(H,48,51,52). The highest BCUT2D eigenvalue weighted by atomic mass is 16.6. The molecule has 2 aliphatic heterocycles. The molecule has 16 nitrogen and oxygen atoms in total. The van der Waals surface area contributed by atoms with Crippen molar-refractivity contribution in [2.24, 2.45) is 0 Å². The van der Waals surface area contributed by atoms with Crippen molar-refractivity contribution in [2.75, 3.05) is 111 Å². The summed E-state index contributed by atoms with van der Waals surface area (Å²) in [4.78, 5) is 63.6. The smallest absolute Gasteiger partial charge is 0.264 e. The van der Waals surface area contributed by atoms with Crippen molar-refractivity contribution < 1.29 is 61.9 Å². The Kier molecular flexibility index (Phi) is 30.0. The molecule has 16 heteroatoms. The first-order valence-electron chi connectivity index (χ1n) is 23.2. The number of carbonyl (C=O) groups is 5. The van der Waals surface area contributed by atoms with Crippen LogP contribution in [-0.4, -0.2) is 146 Å². The number of nitrogens with one attached hydrogen (secondary N) is 2. The normalized spacial score (nSPS) is 15.1. The Labute approximate surface area is 369 Å². The molecule has 62 heavy (non-hydrogen) atoms. The van der Waals surface area contributed by atoms with Gasteiger partial charge in [-0.15, -0.1) is 0 Å². The van der Waals surface area contributed by atoms with Gasteiger partial charge in [0.15, 0.2) is 0 Å². The lowest BCUT2D eigenvalue weighted by Crippen LogP contribution is -2.54. The minimum Gasteiger partial charge on any atom is -0.379 e. The summed E-state index contributed by atoms with van der Waals surface area (Å²) in [5.74, 6) is -2.70. The van der Waals surface area contributed by atoms with E-state index in [0.29, 0.717) is 106 Å². The molecule has 1 unspecified atom stereocenters. The minimum absolute atomic E-state index is 0.0313. The van der Waals surface area contributed by atoms with Crippen molar-refractivity contribution in [1.29, 1.82) is 0 Å². The lowest BCUT2D eigenvalue weighted by Gasteiger charge is -2.27. The molecule has 1 fully saturated rings. The van der Waals surface area contributed by atoms with Crippen LogP contribution in [0.2, 0.25) is 0 Å². The van der Waals surface area contributed by atoms with Crippen molar-refractivity contribution in [3.05, 3.63) is 29.3 Å². The quantitative estimate of drug-likeness (QED) is 0.0574. The van der Waals surface area contributed by atoms with E-state index in [0.717, 1.165) is 30.8 Å². The number of piperidine rings is 1. The second-order valence-corrected chi connectivity index (χ2v) is 15.5. The highest BCUT2D eigenvalue weighted by Gasteiger charge is 2.45. The fourth-order valence-corrected chi connectivity index (χ4v) is 7.01. The summed E-state index contributed by atoms with van der Waals surface area (Å²) < 4.78 is 44.5. The molecule has 2 N–H and O–H groups in total. The SMILES string of the molecule is CCCCCCCCCCCCCOCCOCCOCCOCCOCCOCCOCCOCCCCCC(=O)Nc1cccc2c1C(=O)N(C1CCC(=O)NC1=O)C2=O. The minimum atomic E-state index is -1.07. The largest absolute Gasteiger partial charge is 0.379 e. The topological polar surface area (TPSA) is 186 Å². The molecule has 0 saturated carbocycles. The first-order valence-corrected chi connectivity index (χ1v) is 23.2. The Hall–Kier alpha value is -3.35. The molecule has 1 aromatic rings. The van der Waals surface area contributed by atoms with Gasteiger partial charge in [-0.2, -0.15) is 0 Å². The van der Waals surface area contributed by atoms with Gasteiger partial charge in [0.2, 0.25) is 17.7 Å². The van der Waals surface area contributed by atoms with Gasteiger partial charge in [-0.05, 0) is 37.8 Å². The lowest BCUT2D eigenvalue weighted by molar-refractivity contribution is -0.136. The number of hydrogen-bond acceptors (Lipinski definition) is 13. The van der Waals surface area contributed by atoms with Crippen LogP contribution in [0.3, 0.4) is 0 Å². The molecule has 2 heterocycles. The number of nitrogens with zero attached hydrogens (tertiary/aromatic N) is 1. The summed E-state index contributed by atoms with van der Waals surface area (Å²) in [6.45, 7) is 10.7. The summed E-state index contributed by atoms with van der Waals surface area (Å²) in [5, 5.41) is 4.92. The summed E-state index contributed by atoms with van der Waals surface area (Å²) in [6, 6.07) is 3.55. The number of carbonyl (C=O) groups excluding carboxylic acids is 5. The number of imide groups is 2. The number of anilines is 1. The summed E-state index contributed by atoms with van der Waals surface area (Å²) in [7, 11) is 0. The maximum atomic E-state index is 13.2. The van der Waals surface area contributed by atoms with Crippen molar-refractivity contribution >= 4 is 35.2 Å². The van der Waals surface area contributed by atoms with Gasteiger partial charge < -0.3 is 43.2 Å². The van der Waals surface area contributed by atoms with Crippen molar-refractivity contribution in [3.63, 3.8) is 0 Å².